The Morgan fingerprint density at radius 2 is 1.53 bits per heavy atom. The molecule has 1 aromatic carbocycles. The molecule has 0 unspecified atom stereocenters. The summed E-state index contributed by atoms with van der Waals surface area (Å²) in [5, 5.41) is 0. The standard InChI is InChI=1S/C23H28O9/c1-5-6-12-28-23-22(31-17(4)26)21(30-16(3)25)20(29-15(2)24)19(32-23)14-27-13-18-10-8-7-9-11-18/h5-12,19-23H,1,13-14H2,2-4H3/b12-6+/t19-,20-,21+,22-,23-/m1/s1. The van der Waals surface area contributed by atoms with Crippen molar-refractivity contribution in [1.29, 1.82) is 0 Å². The van der Waals surface area contributed by atoms with Crippen LogP contribution in [0.1, 0.15) is 26.3 Å². The number of benzene rings is 1. The van der Waals surface area contributed by atoms with Crippen molar-refractivity contribution >= 4 is 17.9 Å². The molecular formula is C23H28O9. The summed E-state index contributed by atoms with van der Waals surface area (Å²) in [6.45, 7) is 7.42. The van der Waals surface area contributed by atoms with E-state index >= 15 is 0 Å². The maximum atomic E-state index is 11.8. The van der Waals surface area contributed by atoms with Crippen LogP contribution in [0.5, 0.6) is 0 Å². The normalized spacial score (nSPS) is 25.0. The number of ether oxygens (including phenoxy) is 6. The topological polar surface area (TPSA) is 107 Å². The van der Waals surface area contributed by atoms with Gasteiger partial charge in [0.1, 0.15) is 6.10 Å². The summed E-state index contributed by atoms with van der Waals surface area (Å²) >= 11 is 0. The molecule has 1 aliphatic heterocycles. The van der Waals surface area contributed by atoms with Gasteiger partial charge in [0.2, 0.25) is 12.4 Å². The van der Waals surface area contributed by atoms with Crippen molar-refractivity contribution in [3.63, 3.8) is 0 Å². The number of allylic oxidation sites excluding steroid dienone is 2. The van der Waals surface area contributed by atoms with Crippen LogP contribution >= 0.6 is 0 Å². The lowest BCUT2D eigenvalue weighted by molar-refractivity contribution is -0.298. The molecule has 0 saturated carbocycles. The minimum absolute atomic E-state index is 0.0115. The van der Waals surface area contributed by atoms with Crippen molar-refractivity contribution in [3.05, 3.63) is 60.9 Å². The van der Waals surface area contributed by atoms with Gasteiger partial charge < -0.3 is 28.4 Å². The van der Waals surface area contributed by atoms with E-state index in [1.807, 2.05) is 30.3 Å². The molecule has 1 aliphatic rings. The highest BCUT2D eigenvalue weighted by atomic mass is 16.7. The minimum Gasteiger partial charge on any atom is -0.468 e. The van der Waals surface area contributed by atoms with Crippen LogP contribution in [0.25, 0.3) is 0 Å². The zero-order valence-corrected chi connectivity index (χ0v) is 18.3. The van der Waals surface area contributed by atoms with Gasteiger partial charge in [-0.1, -0.05) is 43.0 Å². The summed E-state index contributed by atoms with van der Waals surface area (Å²) in [6, 6.07) is 9.45. The molecule has 0 radical (unpaired) electrons. The molecule has 174 valence electrons. The molecule has 9 nitrogen and oxygen atoms in total. The Bertz CT molecular complexity index is 805. The third kappa shape index (κ3) is 7.82. The van der Waals surface area contributed by atoms with Crippen LogP contribution in [-0.4, -0.2) is 55.2 Å². The largest absolute Gasteiger partial charge is 0.468 e. The van der Waals surface area contributed by atoms with Crippen molar-refractivity contribution in [2.75, 3.05) is 6.61 Å². The number of rotatable bonds is 10. The second-order valence-electron chi connectivity index (χ2n) is 6.97. The van der Waals surface area contributed by atoms with Crippen molar-refractivity contribution < 1.29 is 42.8 Å². The van der Waals surface area contributed by atoms with E-state index in [0.717, 1.165) is 5.56 Å². The van der Waals surface area contributed by atoms with Crippen LogP contribution in [-0.2, 0) is 49.4 Å². The van der Waals surface area contributed by atoms with Gasteiger partial charge in [0.05, 0.1) is 19.5 Å². The molecule has 2 rings (SSSR count). The van der Waals surface area contributed by atoms with Gasteiger partial charge in [0, 0.05) is 20.8 Å². The summed E-state index contributed by atoms with van der Waals surface area (Å²) in [4.78, 5) is 35.3. The summed E-state index contributed by atoms with van der Waals surface area (Å²) in [5.41, 5.74) is 0.934. The van der Waals surface area contributed by atoms with Gasteiger partial charge >= 0.3 is 17.9 Å². The molecule has 0 bridgehead atoms. The smallest absolute Gasteiger partial charge is 0.303 e. The molecule has 0 spiro atoms. The molecule has 5 atom stereocenters. The minimum atomic E-state index is -1.19. The maximum Gasteiger partial charge on any atom is 0.303 e. The average Bonchev–Trinajstić information content (AvgIpc) is 2.72. The first kappa shape index (κ1) is 25.1. The summed E-state index contributed by atoms with van der Waals surface area (Å²) in [5.74, 6) is -1.94. The Kier molecular flexibility index (Phi) is 9.90. The predicted octanol–water partition coefficient (Wildman–Crippen LogP) is 2.44. The van der Waals surface area contributed by atoms with Crippen molar-refractivity contribution in [2.24, 2.45) is 0 Å². The Labute approximate surface area is 186 Å². The van der Waals surface area contributed by atoms with Gasteiger partial charge in [0.25, 0.3) is 0 Å². The molecule has 0 aromatic heterocycles. The molecule has 0 N–H and O–H groups in total. The zero-order chi connectivity index (χ0) is 23.5. The van der Waals surface area contributed by atoms with Crippen LogP contribution in [0.4, 0.5) is 0 Å². The Balaban J connectivity index is 2.29. The Morgan fingerprint density at radius 3 is 2.12 bits per heavy atom. The monoisotopic (exact) mass is 448 g/mol. The third-order valence-corrected chi connectivity index (χ3v) is 4.32. The van der Waals surface area contributed by atoms with Gasteiger partial charge in [-0.3, -0.25) is 14.4 Å². The van der Waals surface area contributed by atoms with Crippen molar-refractivity contribution in [1.82, 2.24) is 0 Å². The number of hydrogen-bond donors (Lipinski definition) is 0. The van der Waals surface area contributed by atoms with E-state index in [4.69, 9.17) is 28.4 Å². The van der Waals surface area contributed by atoms with E-state index in [1.54, 1.807) is 0 Å². The molecule has 0 amide bonds. The van der Waals surface area contributed by atoms with Crippen molar-refractivity contribution in [3.8, 4) is 0 Å². The molecule has 0 aliphatic carbocycles. The first-order valence-corrected chi connectivity index (χ1v) is 10.0. The van der Waals surface area contributed by atoms with Crippen LogP contribution in [0.2, 0.25) is 0 Å². The fourth-order valence-electron chi connectivity index (χ4n) is 3.14. The number of hydrogen-bond acceptors (Lipinski definition) is 9. The van der Waals surface area contributed by atoms with Gasteiger partial charge in [-0.25, -0.2) is 0 Å². The summed E-state index contributed by atoms with van der Waals surface area (Å²) in [6.07, 6.45) is -1.21. The molecule has 9 heteroatoms. The predicted molar refractivity (Wildman–Crippen MR) is 112 cm³/mol. The first-order chi connectivity index (χ1) is 15.3. The van der Waals surface area contributed by atoms with Crippen LogP contribution in [0, 0.1) is 0 Å². The fraction of sp³-hybridized carbons (Fsp3) is 0.435. The first-order valence-electron chi connectivity index (χ1n) is 10.0. The maximum absolute atomic E-state index is 11.8. The van der Waals surface area contributed by atoms with E-state index < -0.39 is 48.6 Å². The molecule has 32 heavy (non-hydrogen) atoms. The quantitative estimate of drug-likeness (QED) is 0.231. The third-order valence-electron chi connectivity index (χ3n) is 4.32. The van der Waals surface area contributed by atoms with Gasteiger partial charge in [-0.05, 0) is 11.6 Å². The number of carbonyl (C=O) groups excluding carboxylic acids is 3. The summed E-state index contributed by atoms with van der Waals surface area (Å²) < 4.78 is 33.4. The van der Waals surface area contributed by atoms with E-state index in [1.165, 1.54) is 39.2 Å². The number of carbonyl (C=O) groups is 3. The highest BCUT2D eigenvalue weighted by Crippen LogP contribution is 2.30. The van der Waals surface area contributed by atoms with E-state index in [2.05, 4.69) is 6.58 Å². The molecule has 1 aromatic rings. The highest BCUT2D eigenvalue weighted by molar-refractivity contribution is 5.68. The molecule has 1 fully saturated rings. The Hall–Kier alpha value is -3.17. The average molecular weight is 448 g/mol. The van der Waals surface area contributed by atoms with Gasteiger partial charge in [0.15, 0.2) is 12.2 Å². The summed E-state index contributed by atoms with van der Waals surface area (Å²) in [7, 11) is 0. The lowest BCUT2D eigenvalue weighted by atomic mass is 9.98. The van der Waals surface area contributed by atoms with Gasteiger partial charge in [-0.2, -0.15) is 0 Å². The highest BCUT2D eigenvalue weighted by Gasteiger charge is 2.52. The fourth-order valence-corrected chi connectivity index (χ4v) is 3.14. The molecular weight excluding hydrogens is 420 g/mol. The second-order valence-corrected chi connectivity index (χ2v) is 6.97. The molecule has 1 saturated heterocycles. The number of esters is 3. The molecule has 1 heterocycles. The second kappa shape index (κ2) is 12.6. The van der Waals surface area contributed by atoms with Crippen molar-refractivity contribution in [2.45, 2.75) is 58.1 Å². The van der Waals surface area contributed by atoms with Crippen LogP contribution in [0.15, 0.2) is 55.3 Å². The van der Waals surface area contributed by atoms with E-state index in [9.17, 15) is 14.4 Å². The van der Waals surface area contributed by atoms with E-state index in [-0.39, 0.29) is 13.2 Å². The zero-order valence-electron chi connectivity index (χ0n) is 18.3. The van der Waals surface area contributed by atoms with Gasteiger partial charge in [-0.15, -0.1) is 0 Å². The lowest BCUT2D eigenvalue weighted by Crippen LogP contribution is -2.62. The Morgan fingerprint density at radius 1 is 0.938 bits per heavy atom. The SMILES string of the molecule is C=C/C=C/O[C@@H]1O[C@H](COCc2ccccc2)[C@@H](OC(C)=O)[C@H](OC(C)=O)[C@H]1OC(C)=O. The lowest BCUT2D eigenvalue weighted by Gasteiger charge is -2.43. The van der Waals surface area contributed by atoms with E-state index in [0.29, 0.717) is 0 Å². The van der Waals surface area contributed by atoms with Crippen LogP contribution < -0.4 is 0 Å². The van der Waals surface area contributed by atoms with Crippen LogP contribution in [0.3, 0.4) is 0 Å².